The molecule has 0 saturated carbocycles. The van der Waals surface area contributed by atoms with Gasteiger partial charge in [-0.1, -0.05) is 0 Å². The number of nitrogens with zero attached hydrogens (tertiary/aromatic N) is 3. The van der Waals surface area contributed by atoms with Crippen molar-refractivity contribution in [2.24, 2.45) is 0 Å². The molecule has 0 aromatic carbocycles. The normalized spacial score (nSPS) is 20.9. The zero-order valence-electron chi connectivity index (χ0n) is 5.42. The first-order valence-electron chi connectivity index (χ1n) is 2.51. The highest BCUT2D eigenvalue weighted by Gasteiger charge is 2.16. The Morgan fingerprint density at radius 1 is 1.50 bits per heavy atom. The molecule has 46 valence electrons. The first kappa shape index (κ1) is 5.37. The fraction of sp³-hybridized carbons (Fsp3) is 0.750. The molecule has 4 heteroatoms. The fourth-order valence-electron chi connectivity index (χ4n) is 0.546. The van der Waals surface area contributed by atoms with Gasteiger partial charge in [0.15, 0.2) is 0 Å². The smallest absolute Gasteiger partial charge is 0.178 e. The molecule has 0 unspecified atom stereocenters. The number of hydrazine groups is 3. The predicted molar refractivity (Wildman–Crippen MR) is 30.9 cm³/mol. The number of hydrazone groups is 1. The molecule has 0 radical (unpaired) electrons. The molecular formula is C4H11N4+. The van der Waals surface area contributed by atoms with E-state index in [4.69, 9.17) is 0 Å². The van der Waals surface area contributed by atoms with E-state index >= 15 is 0 Å². The van der Waals surface area contributed by atoms with Gasteiger partial charge in [-0.2, -0.15) is 10.1 Å². The van der Waals surface area contributed by atoms with E-state index in [0.29, 0.717) is 0 Å². The lowest BCUT2D eigenvalue weighted by Gasteiger charge is -2.13. The first-order chi connectivity index (χ1) is 3.72. The maximum absolute atomic E-state index is 2.98. The Labute approximate surface area is 48.9 Å². The summed E-state index contributed by atoms with van der Waals surface area (Å²) in [6.07, 6.45) is 1.88. The summed E-state index contributed by atoms with van der Waals surface area (Å²) >= 11 is 0. The minimum Gasteiger partial charge on any atom is -0.178 e. The lowest BCUT2D eigenvalue weighted by molar-refractivity contribution is -0.685. The monoisotopic (exact) mass is 115 g/mol. The molecule has 1 heterocycles. The van der Waals surface area contributed by atoms with E-state index in [1.54, 1.807) is 0 Å². The fourth-order valence-corrected chi connectivity index (χ4v) is 0.546. The van der Waals surface area contributed by atoms with Crippen molar-refractivity contribution in [1.82, 2.24) is 15.7 Å². The average Bonchev–Trinajstić information content (AvgIpc) is 1.98. The van der Waals surface area contributed by atoms with Gasteiger partial charge < -0.3 is 0 Å². The van der Waals surface area contributed by atoms with Crippen LogP contribution in [-0.2, 0) is 0 Å². The molecule has 1 rings (SSSR count). The van der Waals surface area contributed by atoms with Crippen LogP contribution >= 0.6 is 0 Å². The van der Waals surface area contributed by atoms with Crippen molar-refractivity contribution in [2.75, 3.05) is 21.1 Å². The molecule has 0 saturated heterocycles. The molecular weight excluding hydrogens is 104 g/mol. The first-order valence-corrected chi connectivity index (χ1v) is 2.51. The van der Waals surface area contributed by atoms with E-state index in [2.05, 4.69) is 5.43 Å². The van der Waals surface area contributed by atoms with Crippen LogP contribution in [0, 0.1) is 0 Å². The predicted octanol–water partition coefficient (Wildman–Crippen LogP) is -1.13. The third-order valence-electron chi connectivity index (χ3n) is 1.32. The second-order valence-corrected chi connectivity index (χ2v) is 1.84. The third-order valence-corrected chi connectivity index (χ3v) is 1.32. The van der Waals surface area contributed by atoms with Gasteiger partial charge in [0.2, 0.25) is 0 Å². The van der Waals surface area contributed by atoms with Crippen molar-refractivity contribution in [1.29, 1.82) is 0 Å². The maximum Gasteiger partial charge on any atom is 0.276 e. The van der Waals surface area contributed by atoms with Crippen molar-refractivity contribution < 1.29 is 4.68 Å². The SMILES string of the molecule is CN1NC=[N+](C)N1C. The van der Waals surface area contributed by atoms with E-state index in [-0.39, 0.29) is 0 Å². The van der Waals surface area contributed by atoms with Crippen LogP contribution in [-0.4, -0.2) is 42.4 Å². The summed E-state index contributed by atoms with van der Waals surface area (Å²) in [5.74, 6) is 0. The van der Waals surface area contributed by atoms with E-state index in [0.717, 1.165) is 0 Å². The topological polar surface area (TPSA) is 21.5 Å². The summed E-state index contributed by atoms with van der Waals surface area (Å²) in [6, 6.07) is 0. The van der Waals surface area contributed by atoms with Crippen molar-refractivity contribution in [3.8, 4) is 0 Å². The van der Waals surface area contributed by atoms with Crippen LogP contribution in [0.25, 0.3) is 0 Å². The van der Waals surface area contributed by atoms with Gasteiger partial charge in [0.05, 0.1) is 14.1 Å². The highest BCUT2D eigenvalue weighted by atomic mass is 16.0. The van der Waals surface area contributed by atoms with E-state index in [1.165, 1.54) is 0 Å². The molecule has 0 bridgehead atoms. The summed E-state index contributed by atoms with van der Waals surface area (Å²) < 4.78 is 1.94. The summed E-state index contributed by atoms with van der Waals surface area (Å²) in [5, 5.41) is 3.82. The molecule has 0 atom stereocenters. The third kappa shape index (κ3) is 0.626. The van der Waals surface area contributed by atoms with Gasteiger partial charge in [0.1, 0.15) is 7.05 Å². The second-order valence-electron chi connectivity index (χ2n) is 1.84. The van der Waals surface area contributed by atoms with Gasteiger partial charge in [-0.05, 0) is 5.12 Å². The van der Waals surface area contributed by atoms with E-state index < -0.39 is 0 Å². The molecule has 0 amide bonds. The summed E-state index contributed by atoms with van der Waals surface area (Å²) in [4.78, 5) is 0. The Morgan fingerprint density at radius 2 is 2.12 bits per heavy atom. The summed E-state index contributed by atoms with van der Waals surface area (Å²) in [5.41, 5.74) is 2.98. The second kappa shape index (κ2) is 1.63. The van der Waals surface area contributed by atoms with Crippen LogP contribution in [0.2, 0.25) is 0 Å². The zero-order valence-corrected chi connectivity index (χ0v) is 5.42. The Balaban J connectivity index is 2.59. The van der Waals surface area contributed by atoms with Crippen LogP contribution < -0.4 is 5.43 Å². The van der Waals surface area contributed by atoms with Crippen molar-refractivity contribution in [2.45, 2.75) is 0 Å². The average molecular weight is 115 g/mol. The van der Waals surface area contributed by atoms with Gasteiger partial charge in [-0.15, -0.1) is 5.12 Å². The largest absolute Gasteiger partial charge is 0.276 e. The number of hydrogen-bond acceptors (Lipinski definition) is 3. The lowest BCUT2D eigenvalue weighted by Crippen LogP contribution is -2.39. The Hall–Kier alpha value is -0.770. The van der Waals surface area contributed by atoms with Crippen LogP contribution in [0.3, 0.4) is 0 Å². The van der Waals surface area contributed by atoms with Crippen molar-refractivity contribution in [3.05, 3.63) is 0 Å². The minimum absolute atomic E-state index is 1.88. The molecule has 4 nitrogen and oxygen atoms in total. The molecule has 0 aliphatic carbocycles. The zero-order chi connectivity index (χ0) is 6.15. The van der Waals surface area contributed by atoms with Gasteiger partial charge in [-0.3, -0.25) is 0 Å². The summed E-state index contributed by atoms with van der Waals surface area (Å²) in [6.45, 7) is 0. The quantitative estimate of drug-likeness (QED) is 0.404. The molecule has 8 heavy (non-hydrogen) atoms. The van der Waals surface area contributed by atoms with Crippen LogP contribution in [0.1, 0.15) is 0 Å². The van der Waals surface area contributed by atoms with Gasteiger partial charge in [0, 0.05) is 0 Å². The van der Waals surface area contributed by atoms with Gasteiger partial charge in [0.25, 0.3) is 6.34 Å². The van der Waals surface area contributed by atoms with Crippen LogP contribution in [0.4, 0.5) is 0 Å². The van der Waals surface area contributed by atoms with Crippen LogP contribution in [0.15, 0.2) is 0 Å². The molecule has 0 spiro atoms. The molecule has 1 N–H and O–H groups in total. The highest BCUT2D eigenvalue weighted by Crippen LogP contribution is 1.87. The van der Waals surface area contributed by atoms with Gasteiger partial charge in [-0.25, -0.2) is 0 Å². The van der Waals surface area contributed by atoms with Crippen LogP contribution in [0.5, 0.6) is 0 Å². The number of nitrogens with one attached hydrogen (secondary N) is 1. The summed E-state index contributed by atoms with van der Waals surface area (Å²) in [7, 11) is 5.88. The molecule has 1 aliphatic heterocycles. The van der Waals surface area contributed by atoms with Crippen molar-refractivity contribution in [3.63, 3.8) is 0 Å². The molecule has 1 aliphatic rings. The standard InChI is InChI=1S/C4H10N4/c1-6-4-5-7(2)8(6)3/h4H,1-3H3/p+1. The van der Waals surface area contributed by atoms with Crippen molar-refractivity contribution >= 4 is 6.34 Å². The lowest BCUT2D eigenvalue weighted by atomic mass is 11.2. The molecule has 0 aromatic heterocycles. The maximum atomic E-state index is 2.98. The van der Waals surface area contributed by atoms with E-state index in [9.17, 15) is 0 Å². The highest BCUT2D eigenvalue weighted by molar-refractivity contribution is 5.47. The molecule has 0 aromatic rings. The van der Waals surface area contributed by atoms with E-state index in [1.807, 2.05) is 42.4 Å². The van der Waals surface area contributed by atoms with Gasteiger partial charge >= 0.3 is 0 Å². The minimum atomic E-state index is 1.88. The Kier molecular flexibility index (Phi) is 1.09. The Bertz CT molecular complexity index is 119. The Morgan fingerprint density at radius 3 is 2.25 bits per heavy atom. The number of rotatable bonds is 0. The number of hydrogen-bond donors (Lipinski definition) is 1. The molecule has 0 fully saturated rings.